The topological polar surface area (TPSA) is 45.2 Å². The fourth-order valence-electron chi connectivity index (χ4n) is 2.80. The van der Waals surface area contributed by atoms with Crippen molar-refractivity contribution in [2.24, 2.45) is 0 Å². The normalized spacial score (nSPS) is 16.5. The van der Waals surface area contributed by atoms with Gasteiger partial charge in [0.2, 0.25) is 0 Å². The molecule has 3 heterocycles. The van der Waals surface area contributed by atoms with Gasteiger partial charge < -0.3 is 10.2 Å². The van der Waals surface area contributed by atoms with E-state index in [1.165, 1.54) is 5.56 Å². The van der Waals surface area contributed by atoms with Crippen molar-refractivity contribution in [2.75, 3.05) is 19.6 Å². The van der Waals surface area contributed by atoms with Crippen molar-refractivity contribution in [1.29, 1.82) is 0 Å². The first-order valence-electron chi connectivity index (χ1n) is 7.75. The van der Waals surface area contributed by atoms with Gasteiger partial charge in [-0.2, -0.15) is 11.3 Å². The number of hydrogen-bond donors (Lipinski definition) is 1. The van der Waals surface area contributed by atoms with E-state index in [0.717, 1.165) is 44.5 Å². The van der Waals surface area contributed by atoms with E-state index in [9.17, 15) is 4.79 Å². The summed E-state index contributed by atoms with van der Waals surface area (Å²) < 4.78 is 0. The Labute approximate surface area is 135 Å². The van der Waals surface area contributed by atoms with E-state index < -0.39 is 0 Å². The second kappa shape index (κ2) is 7.51. The molecule has 2 aromatic heterocycles. The number of carbonyl (C=O) groups excluding carboxylic acids is 1. The molecule has 0 aliphatic carbocycles. The van der Waals surface area contributed by atoms with Crippen molar-refractivity contribution in [3.8, 4) is 0 Å². The van der Waals surface area contributed by atoms with Gasteiger partial charge in [0.15, 0.2) is 0 Å². The van der Waals surface area contributed by atoms with E-state index in [1.807, 2.05) is 29.2 Å². The Morgan fingerprint density at radius 1 is 1.27 bits per heavy atom. The third-order valence-electron chi connectivity index (χ3n) is 4.17. The number of hydrogen-bond acceptors (Lipinski definition) is 4. The Morgan fingerprint density at radius 2 is 2.05 bits per heavy atom. The zero-order valence-electron chi connectivity index (χ0n) is 12.6. The fourth-order valence-corrected chi connectivity index (χ4v) is 3.44. The van der Waals surface area contributed by atoms with Gasteiger partial charge in [0.1, 0.15) is 0 Å². The minimum Gasteiger partial charge on any atom is -0.349 e. The number of piperidine rings is 1. The molecule has 22 heavy (non-hydrogen) atoms. The number of nitrogens with one attached hydrogen (secondary N) is 1. The van der Waals surface area contributed by atoms with Gasteiger partial charge in [0.05, 0.1) is 0 Å². The number of aromatic nitrogens is 1. The van der Waals surface area contributed by atoms with Gasteiger partial charge in [-0.3, -0.25) is 9.78 Å². The highest BCUT2D eigenvalue weighted by atomic mass is 32.1. The lowest BCUT2D eigenvalue weighted by molar-refractivity contribution is 0.0912. The first kappa shape index (κ1) is 15.2. The summed E-state index contributed by atoms with van der Waals surface area (Å²) in [4.78, 5) is 18.6. The molecule has 4 nitrogen and oxygen atoms in total. The molecular formula is C17H21N3OS. The standard InChI is InChI=1S/C17H21N3OS/c21-17(15-6-12-22-13-15)19-16-4-10-20(11-5-16)9-3-14-1-7-18-8-2-14/h1-2,6-8,12-13,16H,3-5,9-11H2,(H,19,21). The number of amides is 1. The van der Waals surface area contributed by atoms with Crippen LogP contribution in [0.25, 0.3) is 0 Å². The van der Waals surface area contributed by atoms with Gasteiger partial charge in [0.25, 0.3) is 5.91 Å². The first-order valence-corrected chi connectivity index (χ1v) is 8.70. The average Bonchev–Trinajstić information content (AvgIpc) is 3.10. The van der Waals surface area contributed by atoms with Crippen LogP contribution in [0.2, 0.25) is 0 Å². The Balaban J connectivity index is 1.40. The van der Waals surface area contributed by atoms with Crippen molar-refractivity contribution >= 4 is 17.2 Å². The highest BCUT2D eigenvalue weighted by Gasteiger charge is 2.20. The van der Waals surface area contributed by atoms with E-state index >= 15 is 0 Å². The van der Waals surface area contributed by atoms with E-state index in [2.05, 4.69) is 27.3 Å². The van der Waals surface area contributed by atoms with Crippen LogP contribution in [-0.2, 0) is 6.42 Å². The second-order valence-electron chi connectivity index (χ2n) is 5.71. The van der Waals surface area contributed by atoms with Crippen LogP contribution in [0.5, 0.6) is 0 Å². The maximum Gasteiger partial charge on any atom is 0.252 e. The first-order chi connectivity index (χ1) is 10.8. The summed E-state index contributed by atoms with van der Waals surface area (Å²) in [5.41, 5.74) is 2.12. The fraction of sp³-hybridized carbons (Fsp3) is 0.412. The molecule has 0 saturated carbocycles. The Hall–Kier alpha value is -1.72. The minimum atomic E-state index is 0.0662. The Morgan fingerprint density at radius 3 is 2.73 bits per heavy atom. The summed E-state index contributed by atoms with van der Waals surface area (Å²) in [6.07, 6.45) is 6.83. The molecule has 0 bridgehead atoms. The maximum atomic E-state index is 12.0. The lowest BCUT2D eigenvalue weighted by Gasteiger charge is -2.32. The molecule has 1 aliphatic heterocycles. The molecule has 2 aromatic rings. The van der Waals surface area contributed by atoms with Gasteiger partial charge in [0, 0.05) is 49.0 Å². The van der Waals surface area contributed by atoms with Gasteiger partial charge in [-0.15, -0.1) is 0 Å². The molecule has 0 atom stereocenters. The van der Waals surface area contributed by atoms with E-state index in [1.54, 1.807) is 11.3 Å². The average molecular weight is 315 g/mol. The van der Waals surface area contributed by atoms with Crippen LogP contribution in [0.4, 0.5) is 0 Å². The van der Waals surface area contributed by atoms with E-state index in [0.29, 0.717) is 6.04 Å². The second-order valence-corrected chi connectivity index (χ2v) is 6.49. The maximum absolute atomic E-state index is 12.0. The summed E-state index contributed by atoms with van der Waals surface area (Å²) in [7, 11) is 0. The molecular weight excluding hydrogens is 294 g/mol. The quantitative estimate of drug-likeness (QED) is 0.922. The molecule has 116 valence electrons. The van der Waals surface area contributed by atoms with Gasteiger partial charge in [-0.05, 0) is 48.4 Å². The molecule has 0 unspecified atom stereocenters. The number of rotatable bonds is 5. The van der Waals surface area contributed by atoms with Crippen LogP contribution in [0.3, 0.4) is 0 Å². The smallest absolute Gasteiger partial charge is 0.252 e. The van der Waals surface area contributed by atoms with Crippen molar-refractivity contribution in [2.45, 2.75) is 25.3 Å². The summed E-state index contributed by atoms with van der Waals surface area (Å²) in [6, 6.07) is 6.34. The van der Waals surface area contributed by atoms with Crippen LogP contribution in [0, 0.1) is 0 Å². The molecule has 1 amide bonds. The van der Waals surface area contributed by atoms with Crippen LogP contribution < -0.4 is 5.32 Å². The largest absolute Gasteiger partial charge is 0.349 e. The van der Waals surface area contributed by atoms with Crippen molar-refractivity contribution in [3.05, 3.63) is 52.5 Å². The molecule has 3 rings (SSSR count). The van der Waals surface area contributed by atoms with E-state index in [-0.39, 0.29) is 5.91 Å². The number of carbonyl (C=O) groups is 1. The zero-order valence-corrected chi connectivity index (χ0v) is 13.4. The van der Waals surface area contributed by atoms with Crippen molar-refractivity contribution in [1.82, 2.24) is 15.2 Å². The summed E-state index contributed by atoms with van der Waals surface area (Å²) >= 11 is 1.56. The van der Waals surface area contributed by atoms with Gasteiger partial charge >= 0.3 is 0 Å². The van der Waals surface area contributed by atoms with Gasteiger partial charge in [-0.1, -0.05) is 0 Å². The number of pyridine rings is 1. The minimum absolute atomic E-state index is 0.0662. The summed E-state index contributed by atoms with van der Waals surface area (Å²) in [5, 5.41) is 6.99. The molecule has 1 aliphatic rings. The zero-order chi connectivity index (χ0) is 15.2. The molecule has 0 spiro atoms. The van der Waals surface area contributed by atoms with Crippen LogP contribution in [0.15, 0.2) is 41.4 Å². The van der Waals surface area contributed by atoms with Gasteiger partial charge in [-0.25, -0.2) is 0 Å². The van der Waals surface area contributed by atoms with Crippen LogP contribution in [-0.4, -0.2) is 41.5 Å². The molecule has 0 radical (unpaired) electrons. The lowest BCUT2D eigenvalue weighted by atomic mass is 10.0. The number of likely N-dealkylation sites (tertiary alicyclic amines) is 1. The molecule has 1 N–H and O–H groups in total. The number of thiophene rings is 1. The van der Waals surface area contributed by atoms with Crippen LogP contribution in [0.1, 0.15) is 28.8 Å². The number of nitrogens with zero attached hydrogens (tertiary/aromatic N) is 2. The van der Waals surface area contributed by atoms with E-state index in [4.69, 9.17) is 0 Å². The highest BCUT2D eigenvalue weighted by Crippen LogP contribution is 2.13. The SMILES string of the molecule is O=C(NC1CCN(CCc2ccncc2)CC1)c1ccsc1. The van der Waals surface area contributed by atoms with Crippen molar-refractivity contribution < 1.29 is 4.79 Å². The summed E-state index contributed by atoms with van der Waals surface area (Å²) in [6.45, 7) is 3.19. The molecule has 0 aromatic carbocycles. The predicted octanol–water partition coefficient (Wildman–Crippen LogP) is 2.58. The molecule has 5 heteroatoms. The van der Waals surface area contributed by atoms with Crippen LogP contribution >= 0.6 is 11.3 Å². The third-order valence-corrected chi connectivity index (χ3v) is 4.86. The lowest BCUT2D eigenvalue weighted by Crippen LogP contribution is -2.45. The Bertz CT molecular complexity index is 577. The van der Waals surface area contributed by atoms with Crippen molar-refractivity contribution in [3.63, 3.8) is 0 Å². The Kier molecular flexibility index (Phi) is 5.19. The highest BCUT2D eigenvalue weighted by molar-refractivity contribution is 7.08. The monoisotopic (exact) mass is 315 g/mol. The third kappa shape index (κ3) is 4.15. The molecule has 1 fully saturated rings. The predicted molar refractivity (Wildman–Crippen MR) is 89.2 cm³/mol. The summed E-state index contributed by atoms with van der Waals surface area (Å²) in [5.74, 6) is 0.0662. The molecule has 1 saturated heterocycles.